The second-order valence-corrected chi connectivity index (χ2v) is 8.49. The number of phenols is 1. The molecule has 0 radical (unpaired) electrons. The van der Waals surface area contributed by atoms with Crippen molar-refractivity contribution < 1.29 is 5.11 Å². The number of aromatic nitrogens is 2. The van der Waals surface area contributed by atoms with Crippen molar-refractivity contribution in [1.82, 2.24) is 9.55 Å². The van der Waals surface area contributed by atoms with Gasteiger partial charge in [-0.25, -0.2) is 4.98 Å². The van der Waals surface area contributed by atoms with Crippen LogP contribution in [0.2, 0.25) is 10.2 Å². The Balaban J connectivity index is 1.66. The summed E-state index contributed by atoms with van der Waals surface area (Å²) < 4.78 is 1.44. The van der Waals surface area contributed by atoms with E-state index in [9.17, 15) is 15.2 Å². The van der Waals surface area contributed by atoms with Gasteiger partial charge < -0.3 is 19.5 Å². The minimum Gasteiger partial charge on any atom is -0.506 e. The van der Waals surface area contributed by atoms with E-state index in [1.54, 1.807) is 31.3 Å². The van der Waals surface area contributed by atoms with Gasteiger partial charge >= 0.3 is 0 Å². The standard InChI is InChI=1S/C22H21Cl2N5O2/c1-27(16-4-3-13(23)11-18(16)30)14-7-9-29(10-8-14)21-15(12-25)22(31)28(2)17-5-6-19(24)26-20(17)21/h3-6,11,14,30H,7-10H2,1-2H3. The first-order valence-corrected chi connectivity index (χ1v) is 10.6. The van der Waals surface area contributed by atoms with Crippen molar-refractivity contribution in [3.05, 3.63) is 56.4 Å². The number of anilines is 2. The van der Waals surface area contributed by atoms with Gasteiger partial charge in [-0.2, -0.15) is 5.26 Å². The Morgan fingerprint density at radius 1 is 1.23 bits per heavy atom. The van der Waals surface area contributed by atoms with E-state index in [4.69, 9.17) is 23.2 Å². The Labute approximate surface area is 189 Å². The lowest BCUT2D eigenvalue weighted by atomic mass is 10.0. The number of hydrogen-bond acceptors (Lipinski definition) is 6. The first kappa shape index (κ1) is 21.3. The number of fused-ring (bicyclic) bond motifs is 1. The minimum absolute atomic E-state index is 0.0758. The molecule has 2 aromatic heterocycles. The summed E-state index contributed by atoms with van der Waals surface area (Å²) in [5.74, 6) is 0.139. The zero-order valence-corrected chi connectivity index (χ0v) is 18.7. The van der Waals surface area contributed by atoms with Gasteiger partial charge in [0.1, 0.15) is 28.1 Å². The van der Waals surface area contributed by atoms with Crippen molar-refractivity contribution >= 4 is 45.6 Å². The number of rotatable bonds is 3. The smallest absolute Gasteiger partial charge is 0.270 e. The largest absolute Gasteiger partial charge is 0.506 e. The van der Waals surface area contributed by atoms with Crippen molar-refractivity contribution in [2.45, 2.75) is 18.9 Å². The van der Waals surface area contributed by atoms with E-state index in [0.717, 1.165) is 12.8 Å². The normalized spacial score (nSPS) is 14.6. The highest BCUT2D eigenvalue weighted by atomic mass is 35.5. The van der Waals surface area contributed by atoms with Gasteiger partial charge in [0, 0.05) is 44.3 Å². The van der Waals surface area contributed by atoms with Crippen LogP contribution in [-0.4, -0.2) is 40.8 Å². The van der Waals surface area contributed by atoms with Crippen LogP contribution in [0.3, 0.4) is 0 Å². The SMILES string of the molecule is CN(c1ccc(Cl)cc1O)C1CCN(c2c(C#N)c(=O)n(C)c3ccc(Cl)nc23)CC1. The number of phenolic OH excluding ortho intramolecular Hbond substituents is 1. The molecule has 160 valence electrons. The predicted molar refractivity (Wildman–Crippen MR) is 123 cm³/mol. The Morgan fingerprint density at radius 2 is 1.94 bits per heavy atom. The summed E-state index contributed by atoms with van der Waals surface area (Å²) in [6.45, 7) is 1.27. The molecule has 3 aromatic rings. The van der Waals surface area contributed by atoms with Crippen LogP contribution in [0.1, 0.15) is 18.4 Å². The molecule has 7 nitrogen and oxygen atoms in total. The molecule has 1 aliphatic heterocycles. The highest BCUT2D eigenvalue weighted by molar-refractivity contribution is 6.30. The van der Waals surface area contributed by atoms with Crippen LogP contribution < -0.4 is 15.4 Å². The average molecular weight is 458 g/mol. The van der Waals surface area contributed by atoms with E-state index in [0.29, 0.717) is 45.7 Å². The van der Waals surface area contributed by atoms with Crippen LogP contribution in [0.25, 0.3) is 11.0 Å². The lowest BCUT2D eigenvalue weighted by Crippen LogP contribution is -2.44. The number of aromatic hydroxyl groups is 1. The Morgan fingerprint density at radius 3 is 2.58 bits per heavy atom. The van der Waals surface area contributed by atoms with Gasteiger partial charge in [-0.3, -0.25) is 4.79 Å². The predicted octanol–water partition coefficient (Wildman–Crippen LogP) is 3.92. The summed E-state index contributed by atoms with van der Waals surface area (Å²) in [7, 11) is 3.57. The molecule has 0 atom stereocenters. The minimum atomic E-state index is -0.348. The molecule has 0 spiro atoms. The molecule has 1 aliphatic rings. The highest BCUT2D eigenvalue weighted by Crippen LogP contribution is 2.35. The van der Waals surface area contributed by atoms with Crippen molar-refractivity contribution in [2.24, 2.45) is 7.05 Å². The molecular formula is C22H21Cl2N5O2. The second-order valence-electron chi connectivity index (χ2n) is 7.66. The van der Waals surface area contributed by atoms with Gasteiger partial charge in [-0.15, -0.1) is 0 Å². The highest BCUT2D eigenvalue weighted by Gasteiger charge is 2.28. The molecule has 0 bridgehead atoms. The molecule has 0 saturated carbocycles. The van der Waals surface area contributed by atoms with Gasteiger partial charge in [0.25, 0.3) is 5.56 Å². The second kappa shape index (κ2) is 8.29. The van der Waals surface area contributed by atoms with Crippen LogP contribution in [0.5, 0.6) is 5.75 Å². The van der Waals surface area contributed by atoms with Crippen LogP contribution >= 0.6 is 23.2 Å². The summed E-state index contributed by atoms with van der Waals surface area (Å²) in [4.78, 5) is 21.3. The van der Waals surface area contributed by atoms with Crippen LogP contribution in [0.4, 0.5) is 11.4 Å². The van der Waals surface area contributed by atoms with E-state index in [1.165, 1.54) is 10.6 Å². The first-order valence-electron chi connectivity index (χ1n) is 9.87. The molecule has 1 N–H and O–H groups in total. The molecule has 1 aromatic carbocycles. The summed E-state index contributed by atoms with van der Waals surface area (Å²) in [6.07, 6.45) is 1.56. The average Bonchev–Trinajstić information content (AvgIpc) is 2.75. The Hall–Kier alpha value is -2.95. The van der Waals surface area contributed by atoms with Gasteiger partial charge in [-0.1, -0.05) is 23.2 Å². The van der Waals surface area contributed by atoms with Gasteiger partial charge in [0.05, 0.1) is 16.9 Å². The zero-order chi connectivity index (χ0) is 22.3. The maximum Gasteiger partial charge on any atom is 0.270 e. The third-order valence-corrected chi connectivity index (χ3v) is 6.38. The zero-order valence-electron chi connectivity index (χ0n) is 17.1. The number of hydrogen-bond donors (Lipinski definition) is 1. The molecule has 0 aliphatic carbocycles. The number of halogens is 2. The maximum atomic E-state index is 12.8. The molecule has 31 heavy (non-hydrogen) atoms. The monoisotopic (exact) mass is 457 g/mol. The van der Waals surface area contributed by atoms with E-state index in [2.05, 4.69) is 11.1 Å². The number of nitriles is 1. The summed E-state index contributed by atoms with van der Waals surface area (Å²) in [5.41, 5.74) is 2.17. The first-order chi connectivity index (χ1) is 14.8. The van der Waals surface area contributed by atoms with Crippen molar-refractivity contribution in [3.63, 3.8) is 0 Å². The molecule has 9 heteroatoms. The van der Waals surface area contributed by atoms with E-state index >= 15 is 0 Å². The lowest BCUT2D eigenvalue weighted by Gasteiger charge is -2.39. The molecule has 4 rings (SSSR count). The molecule has 1 fully saturated rings. The fourth-order valence-electron chi connectivity index (χ4n) is 4.25. The summed E-state index contributed by atoms with van der Waals surface area (Å²) in [6, 6.07) is 10.7. The van der Waals surface area contributed by atoms with Gasteiger partial charge in [-0.05, 0) is 37.1 Å². The molecule has 0 unspecified atom stereocenters. The van der Waals surface area contributed by atoms with Gasteiger partial charge in [0.15, 0.2) is 0 Å². The third kappa shape index (κ3) is 3.78. The van der Waals surface area contributed by atoms with Crippen LogP contribution in [0, 0.1) is 11.3 Å². The number of aryl methyl sites for hydroxylation is 1. The van der Waals surface area contributed by atoms with Crippen molar-refractivity contribution in [1.29, 1.82) is 5.26 Å². The lowest BCUT2D eigenvalue weighted by molar-refractivity contribution is 0.455. The number of benzene rings is 1. The Bertz CT molecular complexity index is 1260. The fourth-order valence-corrected chi connectivity index (χ4v) is 4.56. The quantitative estimate of drug-likeness (QED) is 0.599. The molecule has 3 heterocycles. The van der Waals surface area contributed by atoms with Crippen LogP contribution in [0.15, 0.2) is 35.1 Å². The topological polar surface area (TPSA) is 85.4 Å². The fraction of sp³-hybridized carbons (Fsp3) is 0.318. The number of pyridine rings is 2. The molecule has 1 saturated heterocycles. The number of piperidine rings is 1. The molecular weight excluding hydrogens is 437 g/mol. The van der Waals surface area contributed by atoms with Crippen LogP contribution in [-0.2, 0) is 7.05 Å². The van der Waals surface area contributed by atoms with Gasteiger partial charge in [0.2, 0.25) is 0 Å². The van der Waals surface area contributed by atoms with Crippen molar-refractivity contribution in [3.8, 4) is 11.8 Å². The van der Waals surface area contributed by atoms with E-state index in [1.807, 2.05) is 16.8 Å². The van der Waals surface area contributed by atoms with E-state index < -0.39 is 0 Å². The molecule has 0 amide bonds. The maximum absolute atomic E-state index is 12.8. The number of nitrogens with zero attached hydrogens (tertiary/aromatic N) is 5. The summed E-state index contributed by atoms with van der Waals surface area (Å²) >= 11 is 12.1. The van der Waals surface area contributed by atoms with Crippen molar-refractivity contribution in [2.75, 3.05) is 29.9 Å². The third-order valence-electron chi connectivity index (χ3n) is 5.94. The van der Waals surface area contributed by atoms with E-state index in [-0.39, 0.29) is 22.9 Å². The summed E-state index contributed by atoms with van der Waals surface area (Å²) in [5, 5.41) is 20.8. The Kier molecular flexibility index (Phi) is 5.69.